The number of quaternary nitrogens is 1. The normalized spacial score (nSPS) is 11.0. The van der Waals surface area contributed by atoms with Crippen LogP contribution in [0, 0.1) is 0 Å². The molecule has 0 aliphatic carbocycles. The third kappa shape index (κ3) is 27.5. The summed E-state index contributed by atoms with van der Waals surface area (Å²) in [6.07, 6.45) is 23.4. The van der Waals surface area contributed by atoms with Crippen LogP contribution in [0.4, 0.5) is 0 Å². The van der Waals surface area contributed by atoms with E-state index in [4.69, 9.17) is 0 Å². The van der Waals surface area contributed by atoms with Crippen molar-refractivity contribution in [2.45, 2.75) is 110 Å². The van der Waals surface area contributed by atoms with Crippen molar-refractivity contribution < 1.29 is 16.9 Å². The van der Waals surface area contributed by atoms with Crippen molar-refractivity contribution in [1.29, 1.82) is 0 Å². The predicted molar refractivity (Wildman–Crippen MR) is 114 cm³/mol. The highest BCUT2D eigenvalue weighted by Crippen LogP contribution is 2.13. The lowest BCUT2D eigenvalue weighted by Crippen LogP contribution is -3.00. The van der Waals surface area contributed by atoms with Crippen molar-refractivity contribution >= 4 is 9.90 Å². The Morgan fingerprint density at radius 1 is 0.458 bits per heavy atom. The van der Waals surface area contributed by atoms with Crippen LogP contribution < -0.4 is 12.4 Å². The molecular weight excluding hydrogens is 333 g/mol. The third-order valence-corrected chi connectivity index (χ3v) is 4.68. The molecule has 1 nitrogen and oxygen atoms in total. The molecule has 0 aromatic carbocycles. The second-order valence-electron chi connectivity index (χ2n) is 8.32. The van der Waals surface area contributed by atoms with Crippen molar-refractivity contribution in [1.82, 2.24) is 0 Å². The fraction of sp³-hybridized carbons (Fsp3) is 1.00. The standard InChI is InChI=1S/C21H46N.ClH.H3P/c1-5-6-7-8-9-10-11-12-13-14-15-16-17-18-19-20-21-22(2,3)4;;/h5-21H2,1-4H3;1H;1H3/q+1;;/p-1. The first-order chi connectivity index (χ1) is 10.6. The van der Waals surface area contributed by atoms with Crippen LogP contribution >= 0.6 is 9.90 Å². The minimum atomic E-state index is 0. The molecule has 0 aromatic rings. The van der Waals surface area contributed by atoms with Gasteiger partial charge in [-0.2, -0.15) is 9.90 Å². The molecule has 0 aromatic heterocycles. The van der Waals surface area contributed by atoms with E-state index in [-0.39, 0.29) is 22.3 Å². The smallest absolute Gasteiger partial charge is 0.0780 e. The summed E-state index contributed by atoms with van der Waals surface area (Å²) in [5.74, 6) is 0. The van der Waals surface area contributed by atoms with Gasteiger partial charge >= 0.3 is 0 Å². The zero-order valence-corrected chi connectivity index (χ0v) is 19.7. The lowest BCUT2D eigenvalue weighted by Gasteiger charge is -2.23. The summed E-state index contributed by atoms with van der Waals surface area (Å²) in [6, 6.07) is 0. The van der Waals surface area contributed by atoms with E-state index in [2.05, 4.69) is 28.1 Å². The maximum Gasteiger partial charge on any atom is 0.0780 e. The molecule has 0 heterocycles. The van der Waals surface area contributed by atoms with Gasteiger partial charge in [0, 0.05) is 0 Å². The molecule has 0 aliphatic heterocycles. The monoisotopic (exact) mass is 381 g/mol. The summed E-state index contributed by atoms with van der Waals surface area (Å²) >= 11 is 0. The fourth-order valence-electron chi connectivity index (χ4n) is 3.13. The van der Waals surface area contributed by atoms with Crippen LogP contribution in [0.5, 0.6) is 0 Å². The van der Waals surface area contributed by atoms with Crippen LogP contribution in [-0.4, -0.2) is 32.2 Å². The number of hydrogen-bond acceptors (Lipinski definition) is 0. The van der Waals surface area contributed by atoms with Gasteiger partial charge in [0.05, 0.1) is 27.7 Å². The molecule has 0 amide bonds. The maximum absolute atomic E-state index is 2.30. The SMILES string of the molecule is CCCCCCCCCCCCCCCCCC[N+](C)(C)C.P.[Cl-]. The van der Waals surface area contributed by atoms with E-state index >= 15 is 0 Å². The summed E-state index contributed by atoms with van der Waals surface area (Å²) in [7, 11) is 6.89. The molecule has 1 atom stereocenters. The van der Waals surface area contributed by atoms with Gasteiger partial charge in [0.25, 0.3) is 0 Å². The van der Waals surface area contributed by atoms with Gasteiger partial charge in [-0.15, -0.1) is 0 Å². The van der Waals surface area contributed by atoms with Gasteiger partial charge in [-0.25, -0.2) is 0 Å². The zero-order valence-electron chi connectivity index (χ0n) is 17.6. The summed E-state index contributed by atoms with van der Waals surface area (Å²) in [4.78, 5) is 0. The third-order valence-electron chi connectivity index (χ3n) is 4.68. The van der Waals surface area contributed by atoms with E-state index in [1.807, 2.05) is 0 Å². The van der Waals surface area contributed by atoms with Crippen molar-refractivity contribution in [2.24, 2.45) is 0 Å². The van der Waals surface area contributed by atoms with Gasteiger partial charge < -0.3 is 16.9 Å². The Bertz CT molecular complexity index is 216. The molecular formula is C21H49ClNP. The van der Waals surface area contributed by atoms with Crippen LogP contribution in [-0.2, 0) is 0 Å². The van der Waals surface area contributed by atoms with E-state index in [0.717, 1.165) is 4.48 Å². The molecule has 0 fully saturated rings. The second-order valence-corrected chi connectivity index (χ2v) is 8.32. The highest BCUT2D eigenvalue weighted by molar-refractivity contribution is 6.92. The molecule has 0 bridgehead atoms. The number of halogens is 1. The Kier molecular flexibility index (Phi) is 26.6. The first-order valence-corrected chi connectivity index (χ1v) is 10.4. The van der Waals surface area contributed by atoms with Crippen LogP contribution in [0.15, 0.2) is 0 Å². The van der Waals surface area contributed by atoms with Gasteiger partial charge in [0.2, 0.25) is 0 Å². The molecule has 3 heteroatoms. The lowest BCUT2D eigenvalue weighted by molar-refractivity contribution is -0.870. The number of nitrogens with zero attached hydrogens (tertiary/aromatic N) is 1. The highest BCUT2D eigenvalue weighted by atomic mass is 35.5. The van der Waals surface area contributed by atoms with E-state index in [1.165, 1.54) is 109 Å². The number of hydrogen-bond donors (Lipinski definition) is 0. The lowest BCUT2D eigenvalue weighted by atomic mass is 10.0. The molecule has 0 saturated heterocycles. The van der Waals surface area contributed by atoms with Crippen LogP contribution in [0.2, 0.25) is 0 Å². The zero-order chi connectivity index (χ0) is 16.5. The average Bonchev–Trinajstić information content (AvgIpc) is 2.45. The highest BCUT2D eigenvalue weighted by Gasteiger charge is 2.04. The first kappa shape index (κ1) is 29.4. The fourth-order valence-corrected chi connectivity index (χ4v) is 3.13. The molecule has 0 saturated carbocycles. The topological polar surface area (TPSA) is 0 Å². The van der Waals surface area contributed by atoms with Crippen LogP contribution in [0.3, 0.4) is 0 Å². The molecule has 0 aliphatic rings. The van der Waals surface area contributed by atoms with Gasteiger partial charge in [-0.1, -0.05) is 96.8 Å². The van der Waals surface area contributed by atoms with Gasteiger partial charge in [-0.3, -0.25) is 0 Å². The summed E-state index contributed by atoms with van der Waals surface area (Å²) < 4.78 is 1.12. The molecule has 0 radical (unpaired) electrons. The van der Waals surface area contributed by atoms with Crippen LogP contribution in [0.25, 0.3) is 0 Å². The Hall–Kier alpha value is 0.680. The Labute approximate surface area is 164 Å². The Morgan fingerprint density at radius 3 is 0.958 bits per heavy atom. The first-order valence-electron chi connectivity index (χ1n) is 10.4. The summed E-state index contributed by atoms with van der Waals surface area (Å²) in [5.41, 5.74) is 0. The average molecular weight is 382 g/mol. The van der Waals surface area contributed by atoms with E-state index in [1.54, 1.807) is 0 Å². The van der Waals surface area contributed by atoms with Crippen molar-refractivity contribution in [3.63, 3.8) is 0 Å². The van der Waals surface area contributed by atoms with Crippen molar-refractivity contribution in [2.75, 3.05) is 27.7 Å². The quantitative estimate of drug-likeness (QED) is 0.203. The Morgan fingerprint density at radius 2 is 0.708 bits per heavy atom. The minimum absolute atomic E-state index is 0. The molecule has 1 unspecified atom stereocenters. The number of unbranched alkanes of at least 4 members (excludes halogenated alkanes) is 15. The molecule has 0 N–H and O–H groups in total. The summed E-state index contributed by atoms with van der Waals surface area (Å²) in [5, 5.41) is 0. The van der Waals surface area contributed by atoms with E-state index < -0.39 is 0 Å². The summed E-state index contributed by atoms with van der Waals surface area (Å²) in [6.45, 7) is 3.63. The van der Waals surface area contributed by atoms with Crippen molar-refractivity contribution in [3.8, 4) is 0 Å². The van der Waals surface area contributed by atoms with Gasteiger partial charge in [0.15, 0.2) is 0 Å². The molecule has 0 spiro atoms. The van der Waals surface area contributed by atoms with E-state index in [0.29, 0.717) is 0 Å². The largest absolute Gasteiger partial charge is 1.00 e. The van der Waals surface area contributed by atoms with Crippen molar-refractivity contribution in [3.05, 3.63) is 0 Å². The second kappa shape index (κ2) is 21.7. The van der Waals surface area contributed by atoms with Crippen LogP contribution in [0.1, 0.15) is 110 Å². The maximum atomic E-state index is 2.30. The van der Waals surface area contributed by atoms with E-state index in [9.17, 15) is 0 Å². The minimum Gasteiger partial charge on any atom is -1.00 e. The molecule has 24 heavy (non-hydrogen) atoms. The molecule has 0 rings (SSSR count). The predicted octanol–water partition coefficient (Wildman–Crippen LogP) is 4.02. The van der Waals surface area contributed by atoms with Gasteiger partial charge in [-0.05, 0) is 12.8 Å². The molecule has 150 valence electrons. The Balaban J connectivity index is -0.00000220. The number of rotatable bonds is 17. The van der Waals surface area contributed by atoms with Gasteiger partial charge in [0.1, 0.15) is 0 Å².